The van der Waals surface area contributed by atoms with Crippen LogP contribution in [0.5, 0.6) is 17.2 Å². The van der Waals surface area contributed by atoms with E-state index in [1.807, 2.05) is 6.92 Å². The molecule has 0 spiro atoms. The summed E-state index contributed by atoms with van der Waals surface area (Å²) >= 11 is 0. The van der Waals surface area contributed by atoms with Gasteiger partial charge in [-0.1, -0.05) is 19.3 Å². The molecule has 4 aromatic rings. The van der Waals surface area contributed by atoms with E-state index >= 15 is 0 Å². The summed E-state index contributed by atoms with van der Waals surface area (Å²) in [4.78, 5) is 37.0. The molecule has 2 aromatic heterocycles. The zero-order chi connectivity index (χ0) is 22.9. The lowest BCUT2D eigenvalue weighted by Gasteiger charge is -2.19. The Balaban J connectivity index is 1.40. The molecule has 0 unspecified atom stereocenters. The third kappa shape index (κ3) is 4.26. The molecule has 7 heteroatoms. The van der Waals surface area contributed by atoms with Crippen molar-refractivity contribution in [2.75, 3.05) is 0 Å². The van der Waals surface area contributed by atoms with Gasteiger partial charge in [0, 0.05) is 23.6 Å². The van der Waals surface area contributed by atoms with Crippen LogP contribution in [-0.2, 0) is 4.79 Å². The number of benzene rings is 2. The van der Waals surface area contributed by atoms with Gasteiger partial charge in [0.1, 0.15) is 28.9 Å². The van der Waals surface area contributed by atoms with Crippen molar-refractivity contribution in [2.24, 2.45) is 5.92 Å². The number of esters is 1. The van der Waals surface area contributed by atoms with Crippen LogP contribution in [0.25, 0.3) is 21.9 Å². The number of rotatable bonds is 4. The number of hydrogen-bond donors (Lipinski definition) is 0. The van der Waals surface area contributed by atoms with Gasteiger partial charge in [-0.05, 0) is 49.6 Å². The van der Waals surface area contributed by atoms with Crippen molar-refractivity contribution < 1.29 is 23.1 Å². The van der Waals surface area contributed by atoms with E-state index in [9.17, 15) is 14.4 Å². The summed E-state index contributed by atoms with van der Waals surface area (Å²) in [5.41, 5.74) is 0.626. The number of carbonyl (C=O) groups excluding carboxylic acids is 1. The van der Waals surface area contributed by atoms with Crippen molar-refractivity contribution in [2.45, 2.75) is 39.0 Å². The largest absolute Gasteiger partial charge is 0.460 e. The van der Waals surface area contributed by atoms with Crippen molar-refractivity contribution in [3.05, 3.63) is 74.9 Å². The zero-order valence-electron chi connectivity index (χ0n) is 18.1. The van der Waals surface area contributed by atoms with E-state index in [0.717, 1.165) is 43.1 Å². The molecule has 168 valence electrons. The maximum Gasteiger partial charge on any atom is 0.336 e. The lowest BCUT2D eigenvalue weighted by molar-refractivity contribution is -0.139. The Kier molecular flexibility index (Phi) is 5.46. The average molecular weight is 446 g/mol. The van der Waals surface area contributed by atoms with Gasteiger partial charge < -0.3 is 18.3 Å². The summed E-state index contributed by atoms with van der Waals surface area (Å²) in [6.45, 7) is 1.82. The zero-order valence-corrected chi connectivity index (χ0v) is 18.1. The first-order chi connectivity index (χ1) is 16.0. The third-order valence-corrected chi connectivity index (χ3v) is 6.02. The molecule has 1 saturated carbocycles. The molecule has 2 aromatic carbocycles. The van der Waals surface area contributed by atoms with Gasteiger partial charge in [0.15, 0.2) is 0 Å². The number of aryl methyl sites for hydroxylation is 1. The Morgan fingerprint density at radius 1 is 0.909 bits per heavy atom. The molecule has 0 amide bonds. The molecule has 0 N–H and O–H groups in total. The van der Waals surface area contributed by atoms with Gasteiger partial charge in [0.2, 0.25) is 11.2 Å². The topological polar surface area (TPSA) is 95.9 Å². The Labute approximate surface area is 188 Å². The number of fused-ring (bicyclic) bond motifs is 2. The predicted octanol–water partition coefficient (Wildman–Crippen LogP) is 5.49. The van der Waals surface area contributed by atoms with E-state index < -0.39 is 5.63 Å². The van der Waals surface area contributed by atoms with Crippen LogP contribution in [0.4, 0.5) is 0 Å². The van der Waals surface area contributed by atoms with Crippen molar-refractivity contribution in [1.82, 2.24) is 0 Å². The fraction of sp³-hybridized carbons (Fsp3) is 0.269. The summed E-state index contributed by atoms with van der Waals surface area (Å²) in [6.07, 6.45) is 6.15. The number of carbonyl (C=O) groups is 1. The second kappa shape index (κ2) is 8.58. The molecule has 0 saturated heterocycles. The third-order valence-electron chi connectivity index (χ3n) is 6.02. The summed E-state index contributed by atoms with van der Waals surface area (Å²) in [7, 11) is 0. The molecule has 2 heterocycles. The van der Waals surface area contributed by atoms with Gasteiger partial charge in [-0.15, -0.1) is 0 Å². The first-order valence-electron chi connectivity index (χ1n) is 11.0. The highest BCUT2D eigenvalue weighted by Gasteiger charge is 2.23. The minimum atomic E-state index is -0.456. The average Bonchev–Trinajstić information content (AvgIpc) is 2.81. The van der Waals surface area contributed by atoms with Crippen molar-refractivity contribution >= 4 is 27.9 Å². The maximum atomic E-state index is 12.9. The lowest BCUT2D eigenvalue weighted by atomic mass is 9.89. The minimum Gasteiger partial charge on any atom is -0.460 e. The molecule has 1 fully saturated rings. The second-order valence-corrected chi connectivity index (χ2v) is 8.35. The van der Waals surface area contributed by atoms with Crippen LogP contribution in [0.15, 0.2) is 67.2 Å². The molecule has 1 aliphatic rings. The van der Waals surface area contributed by atoms with Crippen LogP contribution >= 0.6 is 0 Å². The Bertz CT molecular complexity index is 1470. The molecule has 0 radical (unpaired) electrons. The van der Waals surface area contributed by atoms with Gasteiger partial charge in [-0.2, -0.15) is 0 Å². The maximum absolute atomic E-state index is 12.9. The second-order valence-electron chi connectivity index (χ2n) is 8.35. The first-order valence-corrected chi connectivity index (χ1v) is 11.0. The summed E-state index contributed by atoms with van der Waals surface area (Å²) in [5.74, 6) is 0.349. The Morgan fingerprint density at radius 3 is 2.45 bits per heavy atom. The van der Waals surface area contributed by atoms with Crippen LogP contribution in [-0.4, -0.2) is 5.97 Å². The molecule has 1 aliphatic carbocycles. The van der Waals surface area contributed by atoms with Crippen LogP contribution < -0.4 is 20.5 Å². The van der Waals surface area contributed by atoms with E-state index in [2.05, 4.69) is 0 Å². The monoisotopic (exact) mass is 446 g/mol. The molecule has 0 atom stereocenters. The molecular weight excluding hydrogens is 424 g/mol. The van der Waals surface area contributed by atoms with Gasteiger partial charge in [-0.3, -0.25) is 9.59 Å². The quantitative estimate of drug-likeness (QED) is 0.232. The van der Waals surface area contributed by atoms with Crippen LogP contribution in [0.1, 0.15) is 37.7 Å². The van der Waals surface area contributed by atoms with Gasteiger partial charge in [0.25, 0.3) is 0 Å². The Hall–Kier alpha value is -3.87. The van der Waals surface area contributed by atoms with E-state index in [1.165, 1.54) is 18.4 Å². The molecule has 7 nitrogen and oxygen atoms in total. The minimum absolute atomic E-state index is 0.0104. The van der Waals surface area contributed by atoms with Crippen LogP contribution in [0.2, 0.25) is 0 Å². The van der Waals surface area contributed by atoms with E-state index in [0.29, 0.717) is 28.1 Å². The fourth-order valence-corrected chi connectivity index (χ4v) is 4.26. The van der Waals surface area contributed by atoms with E-state index in [4.69, 9.17) is 18.3 Å². The number of hydrogen-bond acceptors (Lipinski definition) is 7. The van der Waals surface area contributed by atoms with Crippen LogP contribution in [0.3, 0.4) is 0 Å². The van der Waals surface area contributed by atoms with Crippen molar-refractivity contribution in [3.8, 4) is 17.2 Å². The standard InChI is InChI=1S/C26H22O7/c1-15-11-24(27)33-22-13-17(7-9-19(15)22)31-23-14-30-21-12-18(8-10-20(21)25(23)28)32-26(29)16-5-3-2-4-6-16/h7-14,16H,2-6H2,1H3. The normalized spacial score (nSPS) is 14.5. The number of ether oxygens (including phenoxy) is 2. The SMILES string of the molecule is Cc1cc(=O)oc2cc(Oc3coc4cc(OC(=O)C5CCCCC5)ccc4c3=O)ccc12. The highest BCUT2D eigenvalue weighted by molar-refractivity contribution is 5.82. The predicted molar refractivity (Wildman–Crippen MR) is 122 cm³/mol. The smallest absolute Gasteiger partial charge is 0.336 e. The van der Waals surface area contributed by atoms with Crippen LogP contribution in [0, 0.1) is 12.8 Å². The molecular formula is C26H22O7. The highest BCUT2D eigenvalue weighted by atomic mass is 16.5. The van der Waals surface area contributed by atoms with E-state index in [-0.39, 0.29) is 23.1 Å². The van der Waals surface area contributed by atoms with Crippen molar-refractivity contribution in [1.29, 1.82) is 0 Å². The molecule has 0 aliphatic heterocycles. The molecule has 33 heavy (non-hydrogen) atoms. The summed E-state index contributed by atoms with van der Waals surface area (Å²) in [6, 6.07) is 11.1. The van der Waals surface area contributed by atoms with Gasteiger partial charge in [0.05, 0.1) is 11.3 Å². The summed E-state index contributed by atoms with van der Waals surface area (Å²) in [5, 5.41) is 1.08. The first kappa shape index (κ1) is 21.0. The van der Waals surface area contributed by atoms with Gasteiger partial charge in [-0.25, -0.2) is 4.79 Å². The summed E-state index contributed by atoms with van der Waals surface area (Å²) < 4.78 is 22.1. The fourth-order valence-electron chi connectivity index (χ4n) is 4.26. The van der Waals surface area contributed by atoms with Gasteiger partial charge >= 0.3 is 11.6 Å². The highest BCUT2D eigenvalue weighted by Crippen LogP contribution is 2.29. The Morgan fingerprint density at radius 2 is 1.64 bits per heavy atom. The van der Waals surface area contributed by atoms with E-state index in [1.54, 1.807) is 30.3 Å². The van der Waals surface area contributed by atoms with Crippen molar-refractivity contribution in [3.63, 3.8) is 0 Å². The molecule has 0 bridgehead atoms. The molecule has 5 rings (SSSR count). The lowest BCUT2D eigenvalue weighted by Crippen LogP contribution is -2.22.